The summed E-state index contributed by atoms with van der Waals surface area (Å²) >= 11 is 0. The molecule has 0 aliphatic carbocycles. The van der Waals surface area contributed by atoms with Gasteiger partial charge in [0.25, 0.3) is 6.71 Å². The van der Waals surface area contributed by atoms with Crippen LogP contribution in [-0.4, -0.2) is 16.3 Å². The topological polar surface area (TPSA) is 24.3 Å². The summed E-state index contributed by atoms with van der Waals surface area (Å²) in [5.74, 6) is 0.937. The second kappa shape index (κ2) is 16.6. The lowest BCUT2D eigenvalue weighted by Gasteiger charge is -2.45. The molecule has 2 aliphatic rings. The van der Waals surface area contributed by atoms with Gasteiger partial charge in [0.2, 0.25) is 0 Å². The predicted octanol–water partition coefficient (Wildman–Crippen LogP) is 16.6. The molecule has 0 spiro atoms. The lowest BCUT2D eigenvalue weighted by molar-refractivity contribution is 0.568. The maximum atomic E-state index is 5.69. The standard InChI is InChI=1S/C67H77BN4/c1-62(2,3)43-26-24-42(25-27-43)61-69-54-41-56-53(40-57(54)72(61)49-22-20-19-21-23-49)68-52-37-45(64(7,8)9)30-33-55(52)70(50-31-28-44(29-32-50)63(4,5)6)58-38-48(67(16,17)18)39-59(60(58)68)71(56)51-35-46(65(10,11)12)34-47(36-51)66(13,14)15/h19-41H,1-18H3. The van der Waals surface area contributed by atoms with Crippen LogP contribution in [0.2, 0.25) is 0 Å². The molecule has 1 aromatic heterocycles. The molecule has 0 atom stereocenters. The molecule has 0 unspecified atom stereocenters. The van der Waals surface area contributed by atoms with Gasteiger partial charge >= 0.3 is 0 Å². The van der Waals surface area contributed by atoms with Gasteiger partial charge in [-0.2, -0.15) is 0 Å². The summed E-state index contributed by atoms with van der Waals surface area (Å²) in [7, 11) is 0. The summed E-state index contributed by atoms with van der Waals surface area (Å²) in [5.41, 5.74) is 23.0. The zero-order chi connectivity index (χ0) is 51.8. The molecule has 7 aromatic carbocycles. The van der Waals surface area contributed by atoms with Crippen LogP contribution in [0.15, 0.2) is 140 Å². The summed E-state index contributed by atoms with van der Waals surface area (Å²) in [6.45, 7) is 41.9. The minimum Gasteiger partial charge on any atom is -0.311 e. The molecule has 0 bridgehead atoms. The average Bonchev–Trinajstić information content (AvgIpc) is 3.67. The monoisotopic (exact) mass is 949 g/mol. The van der Waals surface area contributed by atoms with Crippen molar-refractivity contribution < 1.29 is 0 Å². The summed E-state index contributed by atoms with van der Waals surface area (Å²) in [5, 5.41) is 0. The minimum absolute atomic E-state index is 0.0292. The van der Waals surface area contributed by atoms with E-state index in [4.69, 9.17) is 4.98 Å². The van der Waals surface area contributed by atoms with Gasteiger partial charge in [-0.3, -0.25) is 4.57 Å². The van der Waals surface area contributed by atoms with Crippen molar-refractivity contribution in [3.63, 3.8) is 0 Å². The van der Waals surface area contributed by atoms with E-state index in [2.05, 4.69) is 279 Å². The summed E-state index contributed by atoms with van der Waals surface area (Å²) in [4.78, 5) is 10.9. The number of fused-ring (bicyclic) bond motifs is 5. The molecule has 0 amide bonds. The molecule has 0 N–H and O–H groups in total. The van der Waals surface area contributed by atoms with Crippen molar-refractivity contribution in [3.8, 4) is 17.1 Å². The van der Waals surface area contributed by atoms with Crippen LogP contribution >= 0.6 is 0 Å². The van der Waals surface area contributed by atoms with Gasteiger partial charge in [-0.05, 0) is 149 Å². The van der Waals surface area contributed by atoms with E-state index in [-0.39, 0.29) is 39.2 Å². The first-order chi connectivity index (χ1) is 33.5. The van der Waals surface area contributed by atoms with Gasteiger partial charge in [-0.15, -0.1) is 0 Å². The molecule has 10 rings (SSSR count). The van der Waals surface area contributed by atoms with Crippen LogP contribution in [0.25, 0.3) is 28.1 Å². The number of rotatable bonds is 4. The van der Waals surface area contributed by atoms with Gasteiger partial charge in [-0.1, -0.05) is 197 Å². The largest absolute Gasteiger partial charge is 0.311 e. The Morgan fingerprint density at radius 2 is 0.806 bits per heavy atom. The molecule has 8 aromatic rings. The molecular weight excluding hydrogens is 872 g/mol. The van der Waals surface area contributed by atoms with Gasteiger partial charge in [0.15, 0.2) is 0 Å². The molecule has 72 heavy (non-hydrogen) atoms. The van der Waals surface area contributed by atoms with Crippen molar-refractivity contribution in [3.05, 3.63) is 173 Å². The molecule has 2 aliphatic heterocycles. The molecule has 0 fully saturated rings. The molecule has 3 heterocycles. The number of anilines is 6. The highest BCUT2D eigenvalue weighted by Crippen LogP contribution is 2.49. The van der Waals surface area contributed by atoms with Gasteiger partial charge in [0.05, 0.1) is 11.0 Å². The number of hydrogen-bond donors (Lipinski definition) is 0. The summed E-state index contributed by atoms with van der Waals surface area (Å²) in [6.07, 6.45) is 0. The Balaban J connectivity index is 1.37. The zero-order valence-corrected chi connectivity index (χ0v) is 46.6. The second-order valence-corrected chi connectivity index (χ2v) is 27.2. The summed E-state index contributed by atoms with van der Waals surface area (Å²) < 4.78 is 2.40. The smallest absolute Gasteiger partial charge is 0.252 e. The van der Waals surface area contributed by atoms with Crippen LogP contribution in [0.5, 0.6) is 0 Å². The van der Waals surface area contributed by atoms with Crippen LogP contribution in [0.1, 0.15) is 158 Å². The lowest BCUT2D eigenvalue weighted by atomic mass is 9.33. The van der Waals surface area contributed by atoms with E-state index in [1.165, 1.54) is 83.9 Å². The molecule has 5 heteroatoms. The third kappa shape index (κ3) is 8.59. The number of nitrogens with zero attached hydrogens (tertiary/aromatic N) is 4. The van der Waals surface area contributed by atoms with Gasteiger partial charge in [0, 0.05) is 45.4 Å². The third-order valence-corrected chi connectivity index (χ3v) is 15.5. The van der Waals surface area contributed by atoms with Crippen molar-refractivity contribution in [1.82, 2.24) is 9.55 Å². The van der Waals surface area contributed by atoms with E-state index >= 15 is 0 Å². The number of imidazole rings is 1. The Bertz CT molecular complexity index is 3350. The average molecular weight is 949 g/mol. The Hall–Kier alpha value is -6.33. The van der Waals surface area contributed by atoms with Gasteiger partial charge < -0.3 is 9.80 Å². The number of aromatic nitrogens is 2. The fraction of sp³-hybridized carbons (Fsp3) is 0.358. The van der Waals surface area contributed by atoms with Crippen LogP contribution in [0, 0.1) is 0 Å². The molecule has 368 valence electrons. The van der Waals surface area contributed by atoms with E-state index in [9.17, 15) is 0 Å². The number of benzene rings is 7. The van der Waals surface area contributed by atoms with Crippen LogP contribution < -0.4 is 26.2 Å². The molecule has 0 saturated heterocycles. The third-order valence-electron chi connectivity index (χ3n) is 15.5. The van der Waals surface area contributed by atoms with Gasteiger partial charge in [-0.25, -0.2) is 4.98 Å². The van der Waals surface area contributed by atoms with Crippen molar-refractivity contribution in [2.75, 3.05) is 9.80 Å². The molecule has 0 radical (unpaired) electrons. The first kappa shape index (κ1) is 49.3. The number of hydrogen-bond acceptors (Lipinski definition) is 3. The fourth-order valence-corrected chi connectivity index (χ4v) is 10.9. The van der Waals surface area contributed by atoms with Crippen molar-refractivity contribution in [2.45, 2.75) is 157 Å². The Labute approximate surface area is 432 Å². The van der Waals surface area contributed by atoms with Crippen molar-refractivity contribution in [2.24, 2.45) is 0 Å². The molecule has 4 nitrogen and oxygen atoms in total. The van der Waals surface area contributed by atoms with Crippen molar-refractivity contribution >= 4 is 68.3 Å². The maximum Gasteiger partial charge on any atom is 0.252 e. The highest BCUT2D eigenvalue weighted by atomic mass is 15.2. The quantitative estimate of drug-likeness (QED) is 0.164. The zero-order valence-electron chi connectivity index (χ0n) is 46.6. The fourth-order valence-electron chi connectivity index (χ4n) is 10.9. The van der Waals surface area contributed by atoms with E-state index in [1.54, 1.807) is 0 Å². The van der Waals surface area contributed by atoms with E-state index < -0.39 is 0 Å². The van der Waals surface area contributed by atoms with Gasteiger partial charge in [0.1, 0.15) is 5.82 Å². The van der Waals surface area contributed by atoms with Crippen molar-refractivity contribution in [1.29, 1.82) is 0 Å². The maximum absolute atomic E-state index is 5.69. The Morgan fingerprint density at radius 1 is 0.347 bits per heavy atom. The van der Waals surface area contributed by atoms with Crippen LogP contribution in [0.4, 0.5) is 34.1 Å². The Morgan fingerprint density at radius 3 is 1.32 bits per heavy atom. The number of para-hydroxylation sites is 1. The first-order valence-electron chi connectivity index (χ1n) is 26.4. The highest BCUT2D eigenvalue weighted by molar-refractivity contribution is 7.00. The lowest BCUT2D eigenvalue weighted by Crippen LogP contribution is -2.61. The SMILES string of the molecule is CC(C)(C)c1ccc(-c2nc3cc4c(cc3n2-c2ccccc2)B2c3cc(C(C)(C)C)ccc3N(c3ccc(C(C)(C)C)cc3)c3cc(C(C)(C)C)cc(c32)N4c2cc(C(C)(C)C)cc(C(C)(C)C)c2)cc1. The summed E-state index contributed by atoms with van der Waals surface area (Å²) in [6, 6.07) is 54.1. The van der Waals surface area contributed by atoms with Crippen LogP contribution in [-0.2, 0) is 32.5 Å². The van der Waals surface area contributed by atoms with E-state index in [0.717, 1.165) is 28.1 Å². The Kier molecular flexibility index (Phi) is 11.4. The second-order valence-electron chi connectivity index (χ2n) is 27.2. The molecular formula is C67H77BN4. The minimum atomic E-state index is -0.148. The molecule has 0 saturated carbocycles. The predicted molar refractivity (Wildman–Crippen MR) is 313 cm³/mol. The van der Waals surface area contributed by atoms with E-state index in [1.807, 2.05) is 0 Å². The van der Waals surface area contributed by atoms with Crippen LogP contribution in [0.3, 0.4) is 0 Å². The normalized spacial score (nSPS) is 14.2. The first-order valence-corrected chi connectivity index (χ1v) is 26.4. The highest BCUT2D eigenvalue weighted by Gasteiger charge is 2.45. The van der Waals surface area contributed by atoms with E-state index in [0.29, 0.717) is 0 Å².